The smallest absolute Gasteiger partial charge is 0.326 e. The minimum atomic E-state index is -0.493. The molecule has 0 aliphatic rings. The van der Waals surface area contributed by atoms with Gasteiger partial charge in [-0.15, -0.1) is 11.3 Å². The van der Waals surface area contributed by atoms with Crippen molar-refractivity contribution in [2.24, 2.45) is 5.92 Å². The van der Waals surface area contributed by atoms with Crippen LogP contribution < -0.4 is 10.9 Å². The Balaban J connectivity index is 1.88. The first-order chi connectivity index (χ1) is 14.2. The van der Waals surface area contributed by atoms with Gasteiger partial charge in [0.05, 0.1) is 23.2 Å². The fourth-order valence-corrected chi connectivity index (χ4v) is 4.10. The zero-order valence-corrected chi connectivity index (χ0v) is 18.6. The van der Waals surface area contributed by atoms with E-state index >= 15 is 0 Å². The van der Waals surface area contributed by atoms with Crippen LogP contribution in [-0.2, 0) is 16.1 Å². The summed E-state index contributed by atoms with van der Waals surface area (Å²) < 4.78 is 6.36. The van der Waals surface area contributed by atoms with Crippen molar-refractivity contribution in [1.82, 2.24) is 9.55 Å². The number of carbonyl (C=O) groups excluding carboxylic acids is 2. The van der Waals surface area contributed by atoms with Crippen LogP contribution in [0, 0.1) is 26.7 Å². The molecule has 0 aliphatic carbocycles. The fraction of sp³-hybridized carbons (Fsp3) is 0.364. The summed E-state index contributed by atoms with van der Waals surface area (Å²) in [7, 11) is 0. The molecule has 8 heteroatoms. The molecule has 0 radical (unpaired) electrons. The van der Waals surface area contributed by atoms with Crippen LogP contribution in [0.4, 0.5) is 5.69 Å². The Morgan fingerprint density at radius 3 is 2.63 bits per heavy atom. The number of ether oxygens (including phenoxy) is 1. The summed E-state index contributed by atoms with van der Waals surface area (Å²) in [5.41, 5.74) is 2.99. The molecule has 1 N–H and O–H groups in total. The Kier molecular flexibility index (Phi) is 6.36. The van der Waals surface area contributed by atoms with Gasteiger partial charge in [-0.25, -0.2) is 4.98 Å². The van der Waals surface area contributed by atoms with E-state index in [1.54, 1.807) is 6.92 Å². The highest BCUT2D eigenvalue weighted by Gasteiger charge is 2.21. The highest BCUT2D eigenvalue weighted by Crippen LogP contribution is 2.28. The van der Waals surface area contributed by atoms with E-state index in [0.717, 1.165) is 28.2 Å². The first-order valence-electron chi connectivity index (χ1n) is 9.70. The Morgan fingerprint density at radius 2 is 1.97 bits per heavy atom. The SMILES string of the molecule is Cc1ccc(NC(=O)c2sc3ncn(CC(=O)OCC(C)C)c(=O)c3c2C)c(C)c1. The Hall–Kier alpha value is -3.00. The van der Waals surface area contributed by atoms with Crippen molar-refractivity contribution in [3.8, 4) is 0 Å². The molecule has 0 aliphatic heterocycles. The van der Waals surface area contributed by atoms with Crippen LogP contribution in [-0.4, -0.2) is 28.0 Å². The number of carbonyl (C=O) groups is 2. The third kappa shape index (κ3) is 4.59. The summed E-state index contributed by atoms with van der Waals surface area (Å²) in [5, 5.41) is 3.26. The monoisotopic (exact) mass is 427 g/mol. The number of hydrogen-bond donors (Lipinski definition) is 1. The topological polar surface area (TPSA) is 90.3 Å². The molecule has 0 atom stereocenters. The Morgan fingerprint density at radius 1 is 1.23 bits per heavy atom. The highest BCUT2D eigenvalue weighted by atomic mass is 32.1. The van der Waals surface area contributed by atoms with Crippen molar-refractivity contribution in [3.63, 3.8) is 0 Å². The van der Waals surface area contributed by atoms with E-state index in [1.165, 1.54) is 10.9 Å². The van der Waals surface area contributed by atoms with E-state index in [4.69, 9.17) is 4.74 Å². The number of hydrogen-bond acceptors (Lipinski definition) is 6. The molecule has 30 heavy (non-hydrogen) atoms. The van der Waals surface area contributed by atoms with Crippen LogP contribution >= 0.6 is 11.3 Å². The molecule has 158 valence electrons. The summed E-state index contributed by atoms with van der Waals surface area (Å²) in [6.45, 7) is 9.60. The van der Waals surface area contributed by atoms with Gasteiger partial charge in [0.1, 0.15) is 11.4 Å². The summed E-state index contributed by atoms with van der Waals surface area (Å²) in [6.07, 6.45) is 1.32. The van der Waals surface area contributed by atoms with E-state index in [1.807, 2.05) is 45.9 Å². The number of rotatable bonds is 6. The lowest BCUT2D eigenvalue weighted by molar-refractivity contribution is -0.145. The van der Waals surface area contributed by atoms with E-state index in [2.05, 4.69) is 10.3 Å². The number of aryl methyl sites for hydroxylation is 3. The zero-order valence-electron chi connectivity index (χ0n) is 17.7. The van der Waals surface area contributed by atoms with Crippen LogP contribution in [0.1, 0.15) is 40.2 Å². The number of esters is 1. The molecule has 2 aromatic heterocycles. The highest BCUT2D eigenvalue weighted by molar-refractivity contribution is 7.20. The fourth-order valence-electron chi connectivity index (χ4n) is 3.07. The number of nitrogens with one attached hydrogen (secondary N) is 1. The second kappa shape index (κ2) is 8.79. The average molecular weight is 428 g/mol. The summed E-state index contributed by atoms with van der Waals surface area (Å²) in [6, 6.07) is 5.78. The molecule has 3 aromatic rings. The molecule has 0 fully saturated rings. The number of anilines is 1. The third-order valence-corrected chi connectivity index (χ3v) is 5.83. The minimum absolute atomic E-state index is 0.212. The van der Waals surface area contributed by atoms with Gasteiger partial charge in [-0.3, -0.25) is 19.0 Å². The largest absolute Gasteiger partial charge is 0.464 e. The van der Waals surface area contributed by atoms with Gasteiger partial charge < -0.3 is 10.1 Å². The van der Waals surface area contributed by atoms with Crippen LogP contribution in [0.2, 0.25) is 0 Å². The number of nitrogens with zero attached hydrogens (tertiary/aromatic N) is 2. The van der Waals surface area contributed by atoms with Gasteiger partial charge in [0.2, 0.25) is 0 Å². The molecule has 0 spiro atoms. The van der Waals surface area contributed by atoms with Gasteiger partial charge in [0, 0.05) is 5.69 Å². The lowest BCUT2D eigenvalue weighted by Crippen LogP contribution is -2.26. The van der Waals surface area contributed by atoms with Gasteiger partial charge in [0.25, 0.3) is 11.5 Å². The maximum Gasteiger partial charge on any atom is 0.326 e. The quantitative estimate of drug-likeness (QED) is 0.604. The van der Waals surface area contributed by atoms with Gasteiger partial charge in [-0.05, 0) is 43.9 Å². The van der Waals surface area contributed by atoms with Crippen molar-refractivity contribution in [2.45, 2.75) is 41.2 Å². The third-order valence-electron chi connectivity index (χ3n) is 4.63. The van der Waals surface area contributed by atoms with Crippen LogP contribution in [0.15, 0.2) is 29.3 Å². The summed E-state index contributed by atoms with van der Waals surface area (Å²) in [5.74, 6) is -0.568. The molecular weight excluding hydrogens is 402 g/mol. The zero-order chi connectivity index (χ0) is 22.0. The molecule has 0 unspecified atom stereocenters. The second-order valence-corrected chi connectivity index (χ2v) is 8.76. The van der Waals surface area contributed by atoms with Crippen molar-refractivity contribution in [2.75, 3.05) is 11.9 Å². The Bertz CT molecular complexity index is 1180. The molecule has 1 amide bonds. The van der Waals surface area contributed by atoms with Gasteiger partial charge in [-0.2, -0.15) is 0 Å². The maximum atomic E-state index is 12.9. The molecule has 0 bridgehead atoms. The minimum Gasteiger partial charge on any atom is -0.464 e. The second-order valence-electron chi connectivity index (χ2n) is 7.76. The van der Waals surface area contributed by atoms with E-state index in [9.17, 15) is 14.4 Å². The van der Waals surface area contributed by atoms with Gasteiger partial charge >= 0.3 is 5.97 Å². The predicted molar refractivity (Wildman–Crippen MR) is 118 cm³/mol. The standard InChI is InChI=1S/C22H25N3O4S/c1-12(2)10-29-17(26)9-25-11-23-21-18(22(25)28)15(5)19(30-21)20(27)24-16-7-6-13(3)8-14(16)4/h6-8,11-12H,9-10H2,1-5H3,(H,24,27). The first kappa shape index (κ1) is 21.7. The van der Waals surface area contributed by atoms with Crippen LogP contribution in [0.25, 0.3) is 10.2 Å². The summed E-state index contributed by atoms with van der Waals surface area (Å²) in [4.78, 5) is 42.9. The molecule has 1 aromatic carbocycles. The van der Waals surface area contributed by atoms with E-state index < -0.39 is 5.97 Å². The lowest BCUT2D eigenvalue weighted by atomic mass is 10.1. The molecule has 7 nitrogen and oxygen atoms in total. The molecule has 3 rings (SSSR count). The van der Waals surface area contributed by atoms with E-state index in [-0.39, 0.29) is 23.9 Å². The maximum absolute atomic E-state index is 12.9. The van der Waals surface area contributed by atoms with Crippen molar-refractivity contribution in [1.29, 1.82) is 0 Å². The van der Waals surface area contributed by atoms with Crippen molar-refractivity contribution < 1.29 is 14.3 Å². The number of thiophene rings is 1. The molecular formula is C22H25N3O4S. The normalized spacial score (nSPS) is 11.1. The first-order valence-corrected chi connectivity index (χ1v) is 10.5. The summed E-state index contributed by atoms with van der Waals surface area (Å²) >= 11 is 1.16. The van der Waals surface area contributed by atoms with Gasteiger partial charge in [-0.1, -0.05) is 31.5 Å². The number of fused-ring (bicyclic) bond motifs is 1. The number of aromatic nitrogens is 2. The Labute approximate surface area is 178 Å². The number of benzene rings is 1. The van der Waals surface area contributed by atoms with Crippen molar-refractivity contribution in [3.05, 3.63) is 56.4 Å². The molecule has 0 saturated heterocycles. The molecule has 0 saturated carbocycles. The predicted octanol–water partition coefficient (Wildman–Crippen LogP) is 3.83. The molecule has 2 heterocycles. The van der Waals surface area contributed by atoms with Gasteiger partial charge in [0.15, 0.2) is 0 Å². The van der Waals surface area contributed by atoms with Crippen molar-refractivity contribution >= 4 is 39.1 Å². The number of amides is 1. The average Bonchev–Trinajstić information content (AvgIpc) is 3.02. The van der Waals surface area contributed by atoms with Crippen LogP contribution in [0.3, 0.4) is 0 Å². The lowest BCUT2D eigenvalue weighted by Gasteiger charge is -2.09. The van der Waals surface area contributed by atoms with E-state index in [0.29, 0.717) is 27.3 Å². The van der Waals surface area contributed by atoms with Crippen LogP contribution in [0.5, 0.6) is 0 Å².